The normalized spacial score (nSPS) is 10.6. The Labute approximate surface area is 93.8 Å². The first-order chi connectivity index (χ1) is 7.16. The van der Waals surface area contributed by atoms with Crippen molar-refractivity contribution in [2.24, 2.45) is 0 Å². The predicted molar refractivity (Wildman–Crippen MR) is 67.3 cm³/mol. The second-order valence-electron chi connectivity index (χ2n) is 4.35. The van der Waals surface area contributed by atoms with Crippen molar-refractivity contribution in [2.45, 2.75) is 53.0 Å². The van der Waals surface area contributed by atoms with Crippen LogP contribution in [0.2, 0.25) is 0 Å². The molecule has 0 aliphatic carbocycles. The fourth-order valence-electron chi connectivity index (χ4n) is 1.91. The van der Waals surface area contributed by atoms with E-state index in [9.17, 15) is 0 Å². The topological polar surface area (TPSA) is 4.93 Å². The molecule has 0 aromatic carbocycles. The van der Waals surface area contributed by atoms with Crippen LogP contribution in [-0.4, -0.2) is 4.57 Å². The summed E-state index contributed by atoms with van der Waals surface area (Å²) in [6, 6.07) is 0. The molecule has 0 aliphatic heterocycles. The highest BCUT2D eigenvalue weighted by Gasteiger charge is 2.03. The minimum absolute atomic E-state index is 1.16. The molecule has 1 heterocycles. The van der Waals surface area contributed by atoms with Crippen molar-refractivity contribution in [1.29, 1.82) is 0 Å². The third-order valence-corrected chi connectivity index (χ3v) is 3.22. The molecule has 1 rings (SSSR count). The number of hydrogen-bond donors (Lipinski definition) is 0. The average Bonchev–Trinajstić information content (AvgIpc) is 2.46. The Morgan fingerprint density at radius 3 is 2.47 bits per heavy atom. The standard InChI is InChI=1S/C14H23N/c1-5-6-7-8-9-10-15-11-12(2)13(3)14(15)4/h5,11H,1,6-10H2,2-4H3. The first kappa shape index (κ1) is 12.1. The zero-order chi connectivity index (χ0) is 11.3. The van der Waals surface area contributed by atoms with E-state index in [1.165, 1.54) is 36.1 Å². The molecule has 1 nitrogen and oxygen atoms in total. The van der Waals surface area contributed by atoms with Crippen LogP contribution in [0.5, 0.6) is 0 Å². The summed E-state index contributed by atoms with van der Waals surface area (Å²) in [5, 5.41) is 0. The Balaban J connectivity index is 2.37. The molecular weight excluding hydrogens is 182 g/mol. The molecule has 0 amide bonds. The molecule has 0 spiro atoms. The molecule has 0 N–H and O–H groups in total. The van der Waals surface area contributed by atoms with Gasteiger partial charge in [-0.05, 0) is 51.2 Å². The fraction of sp³-hybridized carbons (Fsp3) is 0.571. The summed E-state index contributed by atoms with van der Waals surface area (Å²) in [6.07, 6.45) is 9.31. The highest BCUT2D eigenvalue weighted by Crippen LogP contribution is 2.15. The van der Waals surface area contributed by atoms with Crippen molar-refractivity contribution in [3.63, 3.8) is 0 Å². The second-order valence-corrected chi connectivity index (χ2v) is 4.35. The smallest absolute Gasteiger partial charge is 0.0222 e. The summed E-state index contributed by atoms with van der Waals surface area (Å²) >= 11 is 0. The van der Waals surface area contributed by atoms with Gasteiger partial charge < -0.3 is 4.57 Å². The summed E-state index contributed by atoms with van der Waals surface area (Å²) in [6.45, 7) is 11.5. The van der Waals surface area contributed by atoms with Crippen molar-refractivity contribution >= 4 is 0 Å². The van der Waals surface area contributed by atoms with Gasteiger partial charge >= 0.3 is 0 Å². The van der Waals surface area contributed by atoms with Crippen molar-refractivity contribution in [2.75, 3.05) is 0 Å². The molecule has 0 saturated heterocycles. The van der Waals surface area contributed by atoms with E-state index >= 15 is 0 Å². The minimum atomic E-state index is 1.16. The Bertz CT molecular complexity index is 320. The number of unbranched alkanes of at least 4 members (excludes halogenated alkanes) is 3. The quantitative estimate of drug-likeness (QED) is 0.485. The molecule has 0 unspecified atom stereocenters. The van der Waals surface area contributed by atoms with E-state index in [1.54, 1.807) is 0 Å². The molecule has 0 radical (unpaired) electrons. The Hall–Kier alpha value is -0.980. The van der Waals surface area contributed by atoms with Gasteiger partial charge in [-0.15, -0.1) is 6.58 Å². The van der Waals surface area contributed by atoms with Crippen molar-refractivity contribution < 1.29 is 0 Å². The third kappa shape index (κ3) is 3.26. The van der Waals surface area contributed by atoms with Gasteiger partial charge in [-0.3, -0.25) is 0 Å². The molecule has 0 atom stereocenters. The summed E-state index contributed by atoms with van der Waals surface area (Å²) in [5.41, 5.74) is 4.29. The number of hydrogen-bond acceptors (Lipinski definition) is 0. The summed E-state index contributed by atoms with van der Waals surface area (Å²) in [4.78, 5) is 0. The lowest BCUT2D eigenvalue weighted by atomic mass is 10.2. The van der Waals surface area contributed by atoms with E-state index < -0.39 is 0 Å². The monoisotopic (exact) mass is 205 g/mol. The van der Waals surface area contributed by atoms with Gasteiger partial charge in [0.2, 0.25) is 0 Å². The van der Waals surface area contributed by atoms with Gasteiger partial charge in [-0.25, -0.2) is 0 Å². The Kier molecular flexibility index (Phi) is 4.67. The third-order valence-electron chi connectivity index (χ3n) is 3.22. The molecule has 1 aromatic heterocycles. The van der Waals surface area contributed by atoms with Crippen LogP contribution >= 0.6 is 0 Å². The highest BCUT2D eigenvalue weighted by molar-refractivity contribution is 5.28. The first-order valence-corrected chi connectivity index (χ1v) is 5.90. The molecular formula is C14H23N. The van der Waals surface area contributed by atoms with Gasteiger partial charge in [0.15, 0.2) is 0 Å². The summed E-state index contributed by atoms with van der Waals surface area (Å²) in [7, 11) is 0. The SMILES string of the molecule is C=CCCCCCn1cc(C)c(C)c1C. The number of rotatable bonds is 6. The van der Waals surface area contributed by atoms with E-state index in [2.05, 4.69) is 38.1 Å². The van der Waals surface area contributed by atoms with Crippen LogP contribution in [0.3, 0.4) is 0 Å². The van der Waals surface area contributed by atoms with E-state index in [-0.39, 0.29) is 0 Å². The van der Waals surface area contributed by atoms with Gasteiger partial charge in [-0.2, -0.15) is 0 Å². The van der Waals surface area contributed by atoms with Crippen LogP contribution in [0.4, 0.5) is 0 Å². The van der Waals surface area contributed by atoms with Crippen LogP contribution in [0, 0.1) is 20.8 Å². The Morgan fingerprint density at radius 2 is 1.93 bits per heavy atom. The lowest BCUT2D eigenvalue weighted by Gasteiger charge is -2.05. The maximum atomic E-state index is 3.74. The number of aromatic nitrogens is 1. The van der Waals surface area contributed by atoms with Gasteiger partial charge in [-0.1, -0.05) is 12.5 Å². The van der Waals surface area contributed by atoms with Crippen LogP contribution in [0.25, 0.3) is 0 Å². The Morgan fingerprint density at radius 1 is 1.20 bits per heavy atom. The number of aryl methyl sites for hydroxylation is 2. The molecule has 0 bridgehead atoms. The maximum Gasteiger partial charge on any atom is 0.0222 e. The average molecular weight is 205 g/mol. The van der Waals surface area contributed by atoms with Gasteiger partial charge in [0.05, 0.1) is 0 Å². The van der Waals surface area contributed by atoms with Gasteiger partial charge in [0.25, 0.3) is 0 Å². The summed E-state index contributed by atoms with van der Waals surface area (Å²) in [5.74, 6) is 0. The molecule has 1 aromatic rings. The van der Waals surface area contributed by atoms with Crippen molar-refractivity contribution in [3.05, 3.63) is 35.7 Å². The van der Waals surface area contributed by atoms with Gasteiger partial charge in [0.1, 0.15) is 0 Å². The zero-order valence-electron chi connectivity index (χ0n) is 10.3. The van der Waals surface area contributed by atoms with E-state index in [0.717, 1.165) is 13.0 Å². The highest BCUT2D eigenvalue weighted by atomic mass is 15.0. The predicted octanol–water partition coefficient (Wildman–Crippen LogP) is 4.16. The zero-order valence-corrected chi connectivity index (χ0v) is 10.3. The lowest BCUT2D eigenvalue weighted by Crippen LogP contribution is -1.98. The van der Waals surface area contributed by atoms with Crippen LogP contribution in [0.1, 0.15) is 42.5 Å². The fourth-order valence-corrected chi connectivity index (χ4v) is 1.91. The molecule has 15 heavy (non-hydrogen) atoms. The number of nitrogens with zero attached hydrogens (tertiary/aromatic N) is 1. The molecule has 0 saturated carbocycles. The molecule has 1 heteroatoms. The minimum Gasteiger partial charge on any atom is -0.351 e. The van der Waals surface area contributed by atoms with Crippen LogP contribution < -0.4 is 0 Å². The van der Waals surface area contributed by atoms with E-state index in [0.29, 0.717) is 0 Å². The van der Waals surface area contributed by atoms with E-state index in [1.807, 2.05) is 6.08 Å². The lowest BCUT2D eigenvalue weighted by molar-refractivity contribution is 0.583. The van der Waals surface area contributed by atoms with Crippen LogP contribution in [-0.2, 0) is 6.54 Å². The summed E-state index contributed by atoms with van der Waals surface area (Å²) < 4.78 is 2.39. The van der Waals surface area contributed by atoms with E-state index in [4.69, 9.17) is 0 Å². The van der Waals surface area contributed by atoms with Crippen molar-refractivity contribution in [3.8, 4) is 0 Å². The molecule has 84 valence electrons. The molecule has 0 aliphatic rings. The molecule has 0 fully saturated rings. The van der Waals surface area contributed by atoms with Gasteiger partial charge in [0, 0.05) is 18.4 Å². The van der Waals surface area contributed by atoms with Crippen molar-refractivity contribution in [1.82, 2.24) is 4.57 Å². The first-order valence-electron chi connectivity index (χ1n) is 5.90. The largest absolute Gasteiger partial charge is 0.351 e. The maximum absolute atomic E-state index is 3.74. The number of allylic oxidation sites excluding steroid dienone is 1. The van der Waals surface area contributed by atoms with Crippen LogP contribution in [0.15, 0.2) is 18.9 Å². The second kappa shape index (κ2) is 5.79.